The van der Waals surface area contributed by atoms with Gasteiger partial charge in [0.15, 0.2) is 12.1 Å². The van der Waals surface area contributed by atoms with Crippen molar-refractivity contribution in [3.8, 4) is 0 Å². The van der Waals surface area contributed by atoms with Gasteiger partial charge in [-0.1, -0.05) is 0 Å². The standard InChI is InChI=1S/C19H16F2N6O2/c1-10-2-5-27-11(6-10)7-13(25-27)16-14-12(22-8-23-14)3-4-26(16)19(28)17-15(18(20)21)24-9-29-17/h2,5-9,16,18H,3-4H2,1H3,(H,22,23). The Bertz CT molecular complexity index is 1210. The highest BCUT2D eigenvalue weighted by Crippen LogP contribution is 2.35. The normalized spacial score (nSPS) is 16.6. The summed E-state index contributed by atoms with van der Waals surface area (Å²) in [5.74, 6) is -1.12. The van der Waals surface area contributed by atoms with Crippen molar-refractivity contribution < 1.29 is 18.0 Å². The highest BCUT2D eigenvalue weighted by Gasteiger charge is 2.39. The lowest BCUT2D eigenvalue weighted by Gasteiger charge is -2.33. The number of hydrogen-bond donors (Lipinski definition) is 1. The molecule has 8 nitrogen and oxygen atoms in total. The number of aryl methyl sites for hydroxylation is 1. The molecule has 4 aromatic rings. The van der Waals surface area contributed by atoms with Crippen molar-refractivity contribution in [3.63, 3.8) is 0 Å². The summed E-state index contributed by atoms with van der Waals surface area (Å²) in [4.78, 5) is 25.6. The first-order valence-electron chi connectivity index (χ1n) is 9.03. The van der Waals surface area contributed by atoms with Crippen LogP contribution in [0.3, 0.4) is 0 Å². The molecule has 0 fully saturated rings. The Morgan fingerprint density at radius 2 is 2.21 bits per heavy atom. The van der Waals surface area contributed by atoms with Crippen LogP contribution in [0.1, 0.15) is 51.4 Å². The molecule has 148 valence electrons. The minimum absolute atomic E-state index is 0.301. The Kier molecular flexibility index (Phi) is 3.93. The molecule has 1 amide bonds. The zero-order valence-corrected chi connectivity index (χ0v) is 15.3. The number of aromatic amines is 1. The molecule has 0 saturated carbocycles. The number of rotatable bonds is 3. The number of pyridine rings is 1. The van der Waals surface area contributed by atoms with E-state index >= 15 is 0 Å². The highest BCUT2D eigenvalue weighted by molar-refractivity contribution is 5.93. The number of halogens is 2. The minimum Gasteiger partial charge on any atom is -0.438 e. The van der Waals surface area contributed by atoms with Gasteiger partial charge in [0, 0.05) is 24.9 Å². The van der Waals surface area contributed by atoms with Crippen molar-refractivity contribution in [3.05, 3.63) is 71.2 Å². The molecule has 29 heavy (non-hydrogen) atoms. The molecule has 1 N–H and O–H groups in total. The summed E-state index contributed by atoms with van der Waals surface area (Å²) >= 11 is 0. The van der Waals surface area contributed by atoms with E-state index in [2.05, 4.69) is 20.1 Å². The molecule has 4 aromatic heterocycles. The van der Waals surface area contributed by atoms with E-state index in [4.69, 9.17) is 4.42 Å². The van der Waals surface area contributed by atoms with Crippen LogP contribution in [0.5, 0.6) is 0 Å². The van der Waals surface area contributed by atoms with Crippen molar-refractivity contribution in [2.45, 2.75) is 25.8 Å². The number of amides is 1. The maximum absolute atomic E-state index is 13.2. The molecule has 10 heteroatoms. The predicted molar refractivity (Wildman–Crippen MR) is 96.6 cm³/mol. The molecule has 1 unspecified atom stereocenters. The van der Waals surface area contributed by atoms with E-state index < -0.39 is 29.8 Å². The molecule has 0 radical (unpaired) electrons. The number of imidazole rings is 1. The van der Waals surface area contributed by atoms with Gasteiger partial charge in [0.2, 0.25) is 5.76 Å². The fraction of sp³-hybridized carbons (Fsp3) is 0.263. The summed E-state index contributed by atoms with van der Waals surface area (Å²) in [5, 5.41) is 4.60. The Balaban J connectivity index is 1.62. The first kappa shape index (κ1) is 17.5. The molecule has 0 aliphatic carbocycles. The van der Waals surface area contributed by atoms with E-state index in [1.54, 1.807) is 10.8 Å². The van der Waals surface area contributed by atoms with Crippen LogP contribution in [0.15, 0.2) is 41.5 Å². The monoisotopic (exact) mass is 398 g/mol. The number of aromatic nitrogens is 5. The molecular formula is C19H16F2N6O2. The van der Waals surface area contributed by atoms with Gasteiger partial charge < -0.3 is 14.3 Å². The second kappa shape index (κ2) is 6.50. The summed E-state index contributed by atoms with van der Waals surface area (Å²) in [7, 11) is 0. The zero-order chi connectivity index (χ0) is 20.1. The topological polar surface area (TPSA) is 92.3 Å². The van der Waals surface area contributed by atoms with E-state index in [1.165, 1.54) is 4.90 Å². The third-order valence-corrected chi connectivity index (χ3v) is 5.10. The lowest BCUT2D eigenvalue weighted by atomic mass is 9.99. The van der Waals surface area contributed by atoms with Gasteiger partial charge in [-0.2, -0.15) is 5.10 Å². The van der Waals surface area contributed by atoms with Crippen LogP contribution in [0.2, 0.25) is 0 Å². The summed E-state index contributed by atoms with van der Waals surface area (Å²) < 4.78 is 33.2. The first-order chi connectivity index (χ1) is 14.0. The van der Waals surface area contributed by atoms with Gasteiger partial charge in [-0.3, -0.25) is 4.79 Å². The molecule has 1 atom stereocenters. The van der Waals surface area contributed by atoms with Crippen molar-refractivity contribution in [2.75, 3.05) is 6.54 Å². The van der Waals surface area contributed by atoms with Crippen LogP contribution in [-0.4, -0.2) is 41.9 Å². The molecule has 0 spiro atoms. The molecule has 1 aliphatic rings. The summed E-state index contributed by atoms with van der Waals surface area (Å²) in [6.07, 6.45) is 1.86. The van der Waals surface area contributed by atoms with E-state index in [1.807, 2.05) is 31.3 Å². The predicted octanol–water partition coefficient (Wildman–Crippen LogP) is 3.08. The number of nitrogens with zero attached hydrogens (tertiary/aromatic N) is 5. The average molecular weight is 398 g/mol. The number of alkyl halides is 2. The number of fused-ring (bicyclic) bond motifs is 2. The molecule has 0 saturated heterocycles. The van der Waals surface area contributed by atoms with Gasteiger partial charge in [0.1, 0.15) is 6.04 Å². The van der Waals surface area contributed by atoms with E-state index in [-0.39, 0.29) is 0 Å². The minimum atomic E-state index is -2.91. The zero-order valence-electron chi connectivity index (χ0n) is 15.3. The van der Waals surface area contributed by atoms with Crippen LogP contribution >= 0.6 is 0 Å². The largest absolute Gasteiger partial charge is 0.438 e. The summed E-state index contributed by atoms with van der Waals surface area (Å²) in [6.45, 7) is 2.28. The van der Waals surface area contributed by atoms with Crippen LogP contribution in [0.4, 0.5) is 8.78 Å². The lowest BCUT2D eigenvalue weighted by molar-refractivity contribution is 0.0639. The number of hydrogen-bond acceptors (Lipinski definition) is 5. The number of oxazole rings is 1. The fourth-order valence-electron chi connectivity index (χ4n) is 3.75. The molecular weight excluding hydrogens is 382 g/mol. The summed E-state index contributed by atoms with van der Waals surface area (Å²) in [6, 6.07) is 5.14. The smallest absolute Gasteiger partial charge is 0.292 e. The Hall–Kier alpha value is -3.56. The Morgan fingerprint density at radius 1 is 1.34 bits per heavy atom. The molecule has 0 bridgehead atoms. The quantitative estimate of drug-likeness (QED) is 0.573. The van der Waals surface area contributed by atoms with E-state index in [9.17, 15) is 13.6 Å². The maximum atomic E-state index is 13.2. The van der Waals surface area contributed by atoms with Crippen molar-refractivity contribution >= 4 is 11.4 Å². The lowest BCUT2D eigenvalue weighted by Crippen LogP contribution is -2.41. The van der Waals surface area contributed by atoms with E-state index in [0.29, 0.717) is 24.4 Å². The average Bonchev–Trinajstić information content (AvgIpc) is 3.43. The first-order valence-corrected chi connectivity index (χ1v) is 9.03. The second-order valence-electron chi connectivity index (χ2n) is 6.93. The van der Waals surface area contributed by atoms with Gasteiger partial charge in [-0.25, -0.2) is 23.3 Å². The third-order valence-electron chi connectivity index (χ3n) is 5.10. The molecule has 0 aromatic carbocycles. The maximum Gasteiger partial charge on any atom is 0.292 e. The van der Waals surface area contributed by atoms with Crippen molar-refractivity contribution in [1.82, 2.24) is 29.5 Å². The number of carbonyl (C=O) groups is 1. The van der Waals surface area contributed by atoms with Crippen molar-refractivity contribution in [2.24, 2.45) is 0 Å². The number of H-pyrrole nitrogens is 1. The van der Waals surface area contributed by atoms with Crippen molar-refractivity contribution in [1.29, 1.82) is 0 Å². The van der Waals surface area contributed by atoms with Crippen LogP contribution < -0.4 is 0 Å². The van der Waals surface area contributed by atoms with Gasteiger partial charge in [-0.05, 0) is 30.7 Å². The van der Waals surface area contributed by atoms with Crippen LogP contribution in [-0.2, 0) is 6.42 Å². The molecule has 5 heterocycles. The highest BCUT2D eigenvalue weighted by atomic mass is 19.3. The summed E-state index contributed by atoms with van der Waals surface area (Å²) in [5.41, 5.74) is 3.40. The van der Waals surface area contributed by atoms with Crippen LogP contribution in [0, 0.1) is 6.92 Å². The van der Waals surface area contributed by atoms with Gasteiger partial charge in [0.25, 0.3) is 12.3 Å². The number of nitrogens with one attached hydrogen (secondary N) is 1. The van der Waals surface area contributed by atoms with Gasteiger partial charge in [0.05, 0.1) is 23.2 Å². The Morgan fingerprint density at radius 3 is 3.03 bits per heavy atom. The SMILES string of the molecule is Cc1ccn2nc(C3c4nc[nH]c4CCN3C(=O)c3ocnc3C(F)F)cc2c1. The van der Waals surface area contributed by atoms with Gasteiger partial charge in [-0.15, -0.1) is 0 Å². The fourth-order valence-corrected chi connectivity index (χ4v) is 3.75. The third kappa shape index (κ3) is 2.79. The Labute approximate surface area is 163 Å². The van der Waals surface area contributed by atoms with Crippen LogP contribution in [0.25, 0.3) is 5.52 Å². The van der Waals surface area contributed by atoms with E-state index in [0.717, 1.165) is 23.2 Å². The number of carbonyl (C=O) groups excluding carboxylic acids is 1. The molecule has 1 aliphatic heterocycles. The van der Waals surface area contributed by atoms with Gasteiger partial charge >= 0.3 is 0 Å². The second-order valence-corrected chi connectivity index (χ2v) is 6.93. The molecule has 5 rings (SSSR count).